The van der Waals surface area contributed by atoms with Crippen LogP contribution in [0.5, 0.6) is 0 Å². The van der Waals surface area contributed by atoms with Crippen molar-refractivity contribution in [2.75, 3.05) is 0 Å². The highest BCUT2D eigenvalue weighted by molar-refractivity contribution is 14.1. The Balaban J connectivity index is 2.35. The van der Waals surface area contributed by atoms with E-state index in [2.05, 4.69) is 52.3 Å². The molecule has 0 aliphatic heterocycles. The highest BCUT2D eigenvalue weighted by Crippen LogP contribution is 2.08. The first kappa shape index (κ1) is 11.9. The Hall–Kier alpha value is -0.130. The molecule has 0 aliphatic rings. The van der Waals surface area contributed by atoms with Crippen molar-refractivity contribution in [1.82, 2.24) is 5.48 Å². The number of rotatable bonds is 3. The van der Waals surface area contributed by atoms with Crippen LogP contribution in [-0.2, 0) is 11.4 Å². The number of benzene rings is 1. The van der Waals surface area contributed by atoms with Gasteiger partial charge in [0.05, 0.1) is 5.60 Å². The van der Waals surface area contributed by atoms with E-state index in [0.29, 0.717) is 0 Å². The molecule has 0 amide bonds. The first-order valence-electron chi connectivity index (χ1n) is 4.63. The molecule has 1 rings (SSSR count). The minimum absolute atomic E-state index is 0.136. The van der Waals surface area contributed by atoms with Crippen molar-refractivity contribution in [2.24, 2.45) is 0 Å². The van der Waals surface area contributed by atoms with Gasteiger partial charge in [-0.05, 0) is 61.1 Å². The second-order valence-electron chi connectivity index (χ2n) is 4.16. The van der Waals surface area contributed by atoms with Crippen LogP contribution in [0.3, 0.4) is 0 Å². The number of nitrogens with one attached hydrogen (secondary N) is 1. The lowest BCUT2D eigenvalue weighted by atomic mass is 10.2. The summed E-state index contributed by atoms with van der Waals surface area (Å²) >= 11 is 2.30. The molecule has 1 aromatic carbocycles. The maximum atomic E-state index is 5.41. The van der Waals surface area contributed by atoms with Gasteiger partial charge in [0.25, 0.3) is 0 Å². The van der Waals surface area contributed by atoms with Gasteiger partial charge in [0.2, 0.25) is 0 Å². The fourth-order valence-corrected chi connectivity index (χ4v) is 1.30. The topological polar surface area (TPSA) is 21.3 Å². The van der Waals surface area contributed by atoms with Gasteiger partial charge >= 0.3 is 0 Å². The van der Waals surface area contributed by atoms with E-state index in [1.54, 1.807) is 0 Å². The van der Waals surface area contributed by atoms with Crippen molar-refractivity contribution in [2.45, 2.75) is 32.9 Å². The van der Waals surface area contributed by atoms with E-state index < -0.39 is 0 Å². The van der Waals surface area contributed by atoms with Crippen molar-refractivity contribution in [1.29, 1.82) is 0 Å². The monoisotopic (exact) mass is 305 g/mol. The minimum atomic E-state index is -0.136. The zero-order valence-corrected chi connectivity index (χ0v) is 11.0. The molecule has 2 nitrogen and oxygen atoms in total. The molecule has 14 heavy (non-hydrogen) atoms. The second kappa shape index (κ2) is 5.09. The van der Waals surface area contributed by atoms with E-state index in [-0.39, 0.29) is 5.60 Å². The third-order valence-corrected chi connectivity index (χ3v) is 2.29. The molecule has 0 fully saturated rings. The molecule has 3 heteroatoms. The highest BCUT2D eigenvalue weighted by Gasteiger charge is 2.09. The van der Waals surface area contributed by atoms with Gasteiger partial charge in [-0.3, -0.25) is 4.84 Å². The number of hydrogen-bond acceptors (Lipinski definition) is 2. The third kappa shape index (κ3) is 4.93. The van der Waals surface area contributed by atoms with Crippen LogP contribution in [-0.4, -0.2) is 5.60 Å². The first-order valence-corrected chi connectivity index (χ1v) is 5.70. The lowest BCUT2D eigenvalue weighted by Crippen LogP contribution is -2.28. The molecule has 0 bridgehead atoms. The van der Waals surface area contributed by atoms with Crippen LogP contribution in [0.15, 0.2) is 24.3 Å². The van der Waals surface area contributed by atoms with Crippen LogP contribution in [0.25, 0.3) is 0 Å². The van der Waals surface area contributed by atoms with E-state index >= 15 is 0 Å². The molecule has 0 aromatic heterocycles. The van der Waals surface area contributed by atoms with Crippen LogP contribution in [0, 0.1) is 3.57 Å². The molecule has 0 spiro atoms. The van der Waals surface area contributed by atoms with E-state index in [4.69, 9.17) is 4.84 Å². The molecule has 1 aromatic rings. The molecular formula is C11H16INO. The van der Waals surface area contributed by atoms with Crippen LogP contribution in [0.1, 0.15) is 26.3 Å². The summed E-state index contributed by atoms with van der Waals surface area (Å²) in [5, 5.41) is 0. The number of hydroxylamine groups is 1. The summed E-state index contributed by atoms with van der Waals surface area (Å²) in [6.45, 7) is 6.81. The van der Waals surface area contributed by atoms with Gasteiger partial charge in [0.15, 0.2) is 0 Å². The Morgan fingerprint density at radius 3 is 2.29 bits per heavy atom. The Bertz CT molecular complexity index is 276. The van der Waals surface area contributed by atoms with Crippen molar-refractivity contribution < 1.29 is 4.84 Å². The SMILES string of the molecule is CC(C)(C)ONCc1ccc(I)cc1. The maximum absolute atomic E-state index is 5.41. The van der Waals surface area contributed by atoms with Crippen LogP contribution in [0.2, 0.25) is 0 Å². The van der Waals surface area contributed by atoms with E-state index in [1.165, 1.54) is 9.13 Å². The maximum Gasteiger partial charge on any atom is 0.0813 e. The third-order valence-electron chi connectivity index (χ3n) is 1.57. The zero-order valence-electron chi connectivity index (χ0n) is 8.80. The standard InChI is InChI=1S/C11H16INO/c1-11(2,3)14-13-8-9-4-6-10(12)7-5-9/h4-7,13H,8H2,1-3H3. The largest absolute Gasteiger partial charge is 0.296 e. The number of halogens is 1. The highest BCUT2D eigenvalue weighted by atomic mass is 127. The molecule has 0 radical (unpaired) electrons. The fraction of sp³-hybridized carbons (Fsp3) is 0.455. The normalized spacial score (nSPS) is 11.7. The Kier molecular flexibility index (Phi) is 4.34. The van der Waals surface area contributed by atoms with Crippen LogP contribution < -0.4 is 5.48 Å². The molecule has 0 aliphatic carbocycles. The van der Waals surface area contributed by atoms with Gasteiger partial charge in [-0.2, -0.15) is 5.48 Å². The smallest absolute Gasteiger partial charge is 0.0813 e. The summed E-state index contributed by atoms with van der Waals surface area (Å²) < 4.78 is 1.25. The van der Waals surface area contributed by atoms with Gasteiger partial charge in [-0.15, -0.1) is 0 Å². The minimum Gasteiger partial charge on any atom is -0.296 e. The van der Waals surface area contributed by atoms with Crippen molar-refractivity contribution >= 4 is 22.6 Å². The van der Waals surface area contributed by atoms with Gasteiger partial charge in [0, 0.05) is 10.1 Å². The van der Waals surface area contributed by atoms with E-state index in [0.717, 1.165) is 6.54 Å². The average molecular weight is 305 g/mol. The van der Waals surface area contributed by atoms with Gasteiger partial charge in [0.1, 0.15) is 0 Å². The Morgan fingerprint density at radius 2 is 1.79 bits per heavy atom. The van der Waals surface area contributed by atoms with E-state index in [9.17, 15) is 0 Å². The molecule has 0 unspecified atom stereocenters. The fourth-order valence-electron chi connectivity index (χ4n) is 0.938. The van der Waals surface area contributed by atoms with Crippen molar-refractivity contribution in [3.05, 3.63) is 33.4 Å². The quantitative estimate of drug-likeness (QED) is 0.684. The Labute approximate surface area is 99.1 Å². The molecule has 0 atom stereocenters. The van der Waals surface area contributed by atoms with Crippen LogP contribution in [0.4, 0.5) is 0 Å². The molecule has 0 heterocycles. The molecule has 78 valence electrons. The summed E-state index contributed by atoms with van der Waals surface area (Å²) in [5.74, 6) is 0. The second-order valence-corrected chi connectivity index (χ2v) is 5.41. The van der Waals surface area contributed by atoms with Crippen molar-refractivity contribution in [3.8, 4) is 0 Å². The summed E-state index contributed by atoms with van der Waals surface area (Å²) in [5.41, 5.74) is 4.05. The summed E-state index contributed by atoms with van der Waals surface area (Å²) in [7, 11) is 0. The molecule has 1 N–H and O–H groups in total. The predicted molar refractivity (Wildman–Crippen MR) is 66.8 cm³/mol. The lowest BCUT2D eigenvalue weighted by Gasteiger charge is -2.19. The summed E-state index contributed by atoms with van der Waals surface area (Å²) in [4.78, 5) is 5.41. The van der Waals surface area contributed by atoms with E-state index in [1.807, 2.05) is 20.8 Å². The zero-order chi connectivity index (χ0) is 10.6. The molecule has 0 saturated carbocycles. The molecule has 0 saturated heterocycles. The van der Waals surface area contributed by atoms with Gasteiger partial charge in [-0.1, -0.05) is 12.1 Å². The summed E-state index contributed by atoms with van der Waals surface area (Å²) in [6.07, 6.45) is 0. The van der Waals surface area contributed by atoms with Gasteiger partial charge in [-0.25, -0.2) is 0 Å². The average Bonchev–Trinajstić information content (AvgIpc) is 2.06. The number of hydrogen-bond donors (Lipinski definition) is 1. The first-order chi connectivity index (χ1) is 6.47. The van der Waals surface area contributed by atoms with Gasteiger partial charge < -0.3 is 0 Å². The summed E-state index contributed by atoms with van der Waals surface area (Å²) in [6, 6.07) is 8.38. The predicted octanol–water partition coefficient (Wildman–Crippen LogP) is 3.11. The van der Waals surface area contributed by atoms with Crippen molar-refractivity contribution in [3.63, 3.8) is 0 Å². The molecular weight excluding hydrogens is 289 g/mol. The Morgan fingerprint density at radius 1 is 1.21 bits per heavy atom. The lowest BCUT2D eigenvalue weighted by molar-refractivity contribution is -0.0757. The van der Waals surface area contributed by atoms with Crippen LogP contribution >= 0.6 is 22.6 Å².